The van der Waals surface area contributed by atoms with Gasteiger partial charge in [0, 0.05) is 17.5 Å². The molecule has 0 spiro atoms. The van der Waals surface area contributed by atoms with E-state index in [0.717, 1.165) is 23.2 Å². The average Bonchev–Trinajstić information content (AvgIpc) is 3.20. The molecular weight excluding hydrogens is 356 g/mol. The third-order valence-corrected chi connectivity index (χ3v) is 5.45. The van der Waals surface area contributed by atoms with Gasteiger partial charge in [0.15, 0.2) is 11.6 Å². The summed E-state index contributed by atoms with van der Waals surface area (Å²) in [5.74, 6) is -2.82. The zero-order chi connectivity index (χ0) is 19.3. The van der Waals surface area contributed by atoms with E-state index < -0.39 is 41.9 Å². The Balaban J connectivity index is 1.66. The minimum Gasteiger partial charge on any atom is -0.390 e. The Bertz CT molecular complexity index is 993. The number of fused-ring (bicyclic) bond motifs is 1. The summed E-state index contributed by atoms with van der Waals surface area (Å²) in [6, 6.07) is 4.44. The van der Waals surface area contributed by atoms with E-state index in [1.807, 2.05) is 13.0 Å². The van der Waals surface area contributed by atoms with Crippen LogP contribution in [0.5, 0.6) is 0 Å². The summed E-state index contributed by atoms with van der Waals surface area (Å²) in [4.78, 5) is 8.40. The van der Waals surface area contributed by atoms with Crippen LogP contribution in [0.25, 0.3) is 11.0 Å². The molecule has 1 aliphatic carbocycles. The SMILES string of the molecule is Cc1ncnc2c1ccn2[C@@H]1C[C@H]([C@@H](O)c2ccc(F)c(F)c2)[C@@H](O)[C@H]1O. The Labute approximate surface area is 153 Å². The number of rotatable bonds is 3. The van der Waals surface area contributed by atoms with Gasteiger partial charge in [0.25, 0.3) is 0 Å². The largest absolute Gasteiger partial charge is 0.390 e. The van der Waals surface area contributed by atoms with Gasteiger partial charge in [0.1, 0.15) is 18.1 Å². The van der Waals surface area contributed by atoms with Gasteiger partial charge in [-0.3, -0.25) is 0 Å². The van der Waals surface area contributed by atoms with Crippen molar-refractivity contribution in [1.29, 1.82) is 0 Å². The zero-order valence-corrected chi connectivity index (χ0v) is 14.5. The van der Waals surface area contributed by atoms with E-state index in [4.69, 9.17) is 0 Å². The molecule has 3 aromatic rings. The van der Waals surface area contributed by atoms with E-state index in [-0.39, 0.29) is 12.0 Å². The highest BCUT2D eigenvalue weighted by molar-refractivity contribution is 5.78. The number of nitrogens with zero attached hydrogens (tertiary/aromatic N) is 3. The third kappa shape index (κ3) is 2.90. The van der Waals surface area contributed by atoms with Crippen molar-refractivity contribution in [2.75, 3.05) is 0 Å². The second-order valence-electron chi connectivity index (χ2n) is 6.99. The molecule has 0 radical (unpaired) electrons. The average molecular weight is 375 g/mol. The molecule has 0 unspecified atom stereocenters. The smallest absolute Gasteiger partial charge is 0.159 e. The van der Waals surface area contributed by atoms with Gasteiger partial charge in [-0.05, 0) is 37.1 Å². The van der Waals surface area contributed by atoms with Crippen molar-refractivity contribution in [3.05, 3.63) is 59.7 Å². The topological polar surface area (TPSA) is 91.4 Å². The van der Waals surface area contributed by atoms with Crippen molar-refractivity contribution in [2.24, 2.45) is 5.92 Å². The van der Waals surface area contributed by atoms with Crippen molar-refractivity contribution in [3.63, 3.8) is 0 Å². The fourth-order valence-electron chi connectivity index (χ4n) is 3.94. The first-order valence-corrected chi connectivity index (χ1v) is 8.65. The number of aliphatic hydroxyl groups is 3. The molecule has 2 heterocycles. The van der Waals surface area contributed by atoms with Crippen molar-refractivity contribution in [2.45, 2.75) is 37.7 Å². The predicted molar refractivity (Wildman–Crippen MR) is 92.7 cm³/mol. The number of hydrogen-bond acceptors (Lipinski definition) is 5. The number of benzene rings is 1. The highest BCUT2D eigenvalue weighted by Gasteiger charge is 2.46. The first-order chi connectivity index (χ1) is 12.9. The van der Waals surface area contributed by atoms with Gasteiger partial charge in [-0.1, -0.05) is 6.07 Å². The Hall–Kier alpha value is -2.42. The van der Waals surface area contributed by atoms with Gasteiger partial charge < -0.3 is 19.9 Å². The second kappa shape index (κ2) is 6.63. The van der Waals surface area contributed by atoms with Gasteiger partial charge in [-0.2, -0.15) is 0 Å². The molecular formula is C19H19F2N3O3. The molecule has 0 bridgehead atoms. The molecule has 1 aliphatic rings. The van der Waals surface area contributed by atoms with Gasteiger partial charge in [0.05, 0.1) is 23.9 Å². The normalized spacial score (nSPS) is 26.6. The zero-order valence-electron chi connectivity index (χ0n) is 14.5. The number of aryl methyl sites for hydroxylation is 1. The molecule has 1 fully saturated rings. The maximum atomic E-state index is 13.5. The lowest BCUT2D eigenvalue weighted by atomic mass is 9.92. The van der Waals surface area contributed by atoms with E-state index >= 15 is 0 Å². The van der Waals surface area contributed by atoms with Crippen LogP contribution < -0.4 is 0 Å². The molecule has 0 aliphatic heterocycles. The highest BCUT2D eigenvalue weighted by Crippen LogP contribution is 2.43. The molecule has 0 amide bonds. The molecule has 0 saturated heterocycles. The molecule has 1 saturated carbocycles. The quantitative estimate of drug-likeness (QED) is 0.652. The summed E-state index contributed by atoms with van der Waals surface area (Å²) in [7, 11) is 0. The first kappa shape index (κ1) is 18.0. The standard InChI is InChI=1S/C19H19F2N3O3/c1-9-11-4-5-24(19(11)23-8-22-9)15-7-12(17(26)18(15)27)16(25)10-2-3-13(20)14(21)6-10/h2-6,8,12,15-18,25-27H,7H2,1H3/t12-,15-,16+,17-,18+/m1/s1. The van der Waals surface area contributed by atoms with Crippen LogP contribution in [-0.2, 0) is 0 Å². The van der Waals surface area contributed by atoms with Crippen LogP contribution >= 0.6 is 0 Å². The van der Waals surface area contributed by atoms with Crippen molar-refractivity contribution >= 4 is 11.0 Å². The van der Waals surface area contributed by atoms with Crippen molar-refractivity contribution in [3.8, 4) is 0 Å². The summed E-state index contributed by atoms with van der Waals surface area (Å²) in [5, 5.41) is 32.5. The third-order valence-electron chi connectivity index (χ3n) is 5.45. The van der Waals surface area contributed by atoms with Crippen LogP contribution in [-0.4, -0.2) is 42.1 Å². The van der Waals surface area contributed by atoms with Gasteiger partial charge in [-0.15, -0.1) is 0 Å². The Morgan fingerprint density at radius 2 is 1.89 bits per heavy atom. The molecule has 4 rings (SSSR count). The second-order valence-corrected chi connectivity index (χ2v) is 6.99. The highest BCUT2D eigenvalue weighted by atomic mass is 19.2. The molecule has 27 heavy (non-hydrogen) atoms. The number of aromatic nitrogens is 3. The minimum absolute atomic E-state index is 0.154. The van der Waals surface area contributed by atoms with Crippen LogP contribution in [0.15, 0.2) is 36.8 Å². The van der Waals surface area contributed by atoms with E-state index in [1.165, 1.54) is 12.4 Å². The molecule has 142 valence electrons. The number of halogens is 2. The lowest BCUT2D eigenvalue weighted by molar-refractivity contribution is -0.0265. The van der Waals surface area contributed by atoms with Crippen molar-refractivity contribution < 1.29 is 24.1 Å². The lowest BCUT2D eigenvalue weighted by Gasteiger charge is -2.22. The molecule has 3 N–H and O–H groups in total. The monoisotopic (exact) mass is 375 g/mol. The van der Waals surface area contributed by atoms with Crippen LogP contribution in [0.1, 0.15) is 29.8 Å². The molecule has 2 aromatic heterocycles. The summed E-state index contributed by atoms with van der Waals surface area (Å²) in [5.41, 5.74) is 1.58. The lowest BCUT2D eigenvalue weighted by Crippen LogP contribution is -2.31. The van der Waals surface area contributed by atoms with Gasteiger partial charge in [0.2, 0.25) is 0 Å². The number of aliphatic hydroxyl groups excluding tert-OH is 3. The van der Waals surface area contributed by atoms with Crippen molar-refractivity contribution in [1.82, 2.24) is 14.5 Å². The Morgan fingerprint density at radius 3 is 2.63 bits per heavy atom. The minimum atomic E-state index is -1.24. The van der Waals surface area contributed by atoms with Crippen LogP contribution in [0.3, 0.4) is 0 Å². The van der Waals surface area contributed by atoms with Crippen LogP contribution in [0, 0.1) is 24.5 Å². The Morgan fingerprint density at radius 1 is 1.11 bits per heavy atom. The predicted octanol–water partition coefficient (Wildman–Crippen LogP) is 2.03. The number of hydrogen-bond donors (Lipinski definition) is 3. The fourth-order valence-corrected chi connectivity index (χ4v) is 3.94. The summed E-state index contributed by atoms with van der Waals surface area (Å²) >= 11 is 0. The summed E-state index contributed by atoms with van der Waals surface area (Å²) in [6.07, 6.45) is -0.166. The molecule has 5 atom stereocenters. The Kier molecular flexibility index (Phi) is 4.41. The fraction of sp³-hybridized carbons (Fsp3) is 0.368. The van der Waals surface area contributed by atoms with E-state index in [2.05, 4.69) is 9.97 Å². The maximum absolute atomic E-state index is 13.5. The van der Waals surface area contributed by atoms with Crippen LogP contribution in [0.4, 0.5) is 8.78 Å². The summed E-state index contributed by atoms with van der Waals surface area (Å²) < 4.78 is 28.4. The maximum Gasteiger partial charge on any atom is 0.159 e. The van der Waals surface area contributed by atoms with E-state index in [9.17, 15) is 24.1 Å². The molecule has 8 heteroatoms. The molecule has 6 nitrogen and oxygen atoms in total. The summed E-state index contributed by atoms with van der Waals surface area (Å²) in [6.45, 7) is 1.85. The van der Waals surface area contributed by atoms with E-state index in [0.29, 0.717) is 5.65 Å². The molecule has 1 aromatic carbocycles. The van der Waals surface area contributed by atoms with Gasteiger partial charge in [-0.25, -0.2) is 18.7 Å². The van der Waals surface area contributed by atoms with Gasteiger partial charge >= 0.3 is 0 Å². The van der Waals surface area contributed by atoms with Crippen LogP contribution in [0.2, 0.25) is 0 Å². The van der Waals surface area contributed by atoms with E-state index in [1.54, 1.807) is 10.8 Å². The first-order valence-electron chi connectivity index (χ1n) is 8.65.